The highest BCUT2D eigenvalue weighted by Gasteiger charge is 2.22. The molecule has 1 atom stereocenters. The third-order valence-electron chi connectivity index (χ3n) is 4.18. The summed E-state index contributed by atoms with van der Waals surface area (Å²) in [4.78, 5) is 13.7. The molecule has 0 N–H and O–H groups in total. The number of carbonyl (C=O) groups excluding carboxylic acids is 1. The monoisotopic (exact) mass is 225 g/mol. The average molecular weight is 225 g/mol. The summed E-state index contributed by atoms with van der Waals surface area (Å²) in [6.45, 7) is 10.0. The highest BCUT2D eigenvalue weighted by Crippen LogP contribution is 2.26. The molecule has 0 spiro atoms. The maximum Gasteiger partial charge on any atom is 0.133 e. The average Bonchev–Trinajstić information content (AvgIpc) is 2.35. The van der Waals surface area contributed by atoms with Crippen molar-refractivity contribution >= 4 is 5.78 Å². The molecule has 0 saturated carbocycles. The van der Waals surface area contributed by atoms with Gasteiger partial charge in [0.15, 0.2) is 0 Å². The number of Topliss-reactive ketones (excluding diaryl/α,β-unsaturated/α-hetero) is 1. The topological polar surface area (TPSA) is 20.3 Å². The molecular formula is C14H27NO. The molecular weight excluding hydrogens is 198 g/mol. The molecule has 0 aromatic carbocycles. The first kappa shape index (κ1) is 13.7. The van der Waals surface area contributed by atoms with Gasteiger partial charge in [-0.2, -0.15) is 0 Å². The number of hydrogen-bond acceptors (Lipinski definition) is 2. The van der Waals surface area contributed by atoms with Crippen LogP contribution in [-0.4, -0.2) is 30.3 Å². The Labute approximate surface area is 100 Å². The minimum atomic E-state index is 0.407. The lowest BCUT2D eigenvalue weighted by Crippen LogP contribution is -2.36. The van der Waals surface area contributed by atoms with Crippen LogP contribution in [0.2, 0.25) is 0 Å². The van der Waals surface area contributed by atoms with E-state index in [9.17, 15) is 4.79 Å². The first-order valence-corrected chi connectivity index (χ1v) is 6.91. The largest absolute Gasteiger partial charge is 0.303 e. The van der Waals surface area contributed by atoms with Crippen molar-refractivity contribution in [1.29, 1.82) is 0 Å². The van der Waals surface area contributed by atoms with Crippen molar-refractivity contribution in [3.8, 4) is 0 Å². The summed E-state index contributed by atoms with van der Waals surface area (Å²) in [7, 11) is 0. The molecule has 1 fully saturated rings. The summed E-state index contributed by atoms with van der Waals surface area (Å²) < 4.78 is 0. The Morgan fingerprint density at radius 2 is 1.94 bits per heavy atom. The number of piperidine rings is 1. The van der Waals surface area contributed by atoms with Crippen LogP contribution in [-0.2, 0) is 4.79 Å². The minimum absolute atomic E-state index is 0.407. The summed E-state index contributed by atoms with van der Waals surface area (Å²) in [6, 6.07) is 0. The zero-order chi connectivity index (χ0) is 12.0. The van der Waals surface area contributed by atoms with E-state index >= 15 is 0 Å². The van der Waals surface area contributed by atoms with E-state index in [0.29, 0.717) is 12.2 Å². The van der Waals surface area contributed by atoms with Crippen LogP contribution < -0.4 is 0 Å². The van der Waals surface area contributed by atoms with E-state index in [0.717, 1.165) is 24.8 Å². The van der Waals surface area contributed by atoms with Crippen LogP contribution in [0.4, 0.5) is 0 Å². The van der Waals surface area contributed by atoms with Crippen molar-refractivity contribution in [2.45, 2.75) is 52.9 Å². The maximum absolute atomic E-state index is 11.2. The third kappa shape index (κ3) is 4.25. The maximum atomic E-state index is 11.2. The van der Waals surface area contributed by atoms with Gasteiger partial charge in [-0.25, -0.2) is 0 Å². The zero-order valence-corrected chi connectivity index (χ0v) is 11.2. The van der Waals surface area contributed by atoms with Crippen molar-refractivity contribution in [2.75, 3.05) is 19.6 Å². The van der Waals surface area contributed by atoms with Crippen molar-refractivity contribution < 1.29 is 4.79 Å². The van der Waals surface area contributed by atoms with E-state index < -0.39 is 0 Å². The van der Waals surface area contributed by atoms with E-state index in [4.69, 9.17) is 0 Å². The van der Waals surface area contributed by atoms with Gasteiger partial charge in [-0.1, -0.05) is 27.2 Å². The van der Waals surface area contributed by atoms with E-state index in [1.165, 1.54) is 32.4 Å². The molecule has 0 aliphatic carbocycles. The van der Waals surface area contributed by atoms with E-state index in [1.807, 2.05) is 6.92 Å². The number of ketones is 1. The normalized spacial score (nSPS) is 20.9. The van der Waals surface area contributed by atoms with Crippen LogP contribution in [0.25, 0.3) is 0 Å². The van der Waals surface area contributed by atoms with Gasteiger partial charge in [-0.3, -0.25) is 4.79 Å². The Bertz CT molecular complexity index is 207. The molecule has 1 saturated heterocycles. The van der Waals surface area contributed by atoms with Crippen LogP contribution in [0.15, 0.2) is 0 Å². The predicted molar refractivity (Wildman–Crippen MR) is 68.5 cm³/mol. The number of hydrogen-bond donors (Lipinski definition) is 0. The lowest BCUT2D eigenvalue weighted by atomic mass is 9.84. The molecule has 2 heteroatoms. The third-order valence-corrected chi connectivity index (χ3v) is 4.18. The second kappa shape index (κ2) is 7.05. The summed E-state index contributed by atoms with van der Waals surface area (Å²) in [5, 5.41) is 0. The van der Waals surface area contributed by atoms with Gasteiger partial charge in [-0.15, -0.1) is 0 Å². The van der Waals surface area contributed by atoms with Gasteiger partial charge in [0.25, 0.3) is 0 Å². The standard InChI is InChI=1S/C14H27NO/c1-4-12(3)13-6-9-15(10-7-13)11-8-14(16)5-2/h12-13H,4-11H2,1-3H3. The molecule has 0 bridgehead atoms. The van der Waals surface area contributed by atoms with Gasteiger partial charge in [0.05, 0.1) is 0 Å². The molecule has 1 aliphatic rings. The lowest BCUT2D eigenvalue weighted by molar-refractivity contribution is -0.119. The molecule has 0 aromatic heterocycles. The Morgan fingerprint density at radius 3 is 2.44 bits per heavy atom. The summed E-state index contributed by atoms with van der Waals surface area (Å²) >= 11 is 0. The second-order valence-electron chi connectivity index (χ2n) is 5.21. The highest BCUT2D eigenvalue weighted by atomic mass is 16.1. The quantitative estimate of drug-likeness (QED) is 0.692. The van der Waals surface area contributed by atoms with Gasteiger partial charge in [0.2, 0.25) is 0 Å². The van der Waals surface area contributed by atoms with Gasteiger partial charge >= 0.3 is 0 Å². The first-order valence-electron chi connectivity index (χ1n) is 6.91. The molecule has 0 amide bonds. The summed E-state index contributed by atoms with van der Waals surface area (Å²) in [6.07, 6.45) is 5.41. The van der Waals surface area contributed by atoms with Crippen molar-refractivity contribution in [2.24, 2.45) is 11.8 Å². The Hall–Kier alpha value is -0.370. The summed E-state index contributed by atoms with van der Waals surface area (Å²) in [5.74, 6) is 2.20. The molecule has 94 valence electrons. The number of rotatable bonds is 6. The number of carbonyl (C=O) groups is 1. The van der Waals surface area contributed by atoms with E-state index in [2.05, 4.69) is 18.7 Å². The Morgan fingerprint density at radius 1 is 1.31 bits per heavy atom. The van der Waals surface area contributed by atoms with Gasteiger partial charge in [-0.05, 0) is 37.8 Å². The van der Waals surface area contributed by atoms with Crippen molar-refractivity contribution in [3.05, 3.63) is 0 Å². The summed E-state index contributed by atoms with van der Waals surface area (Å²) in [5.41, 5.74) is 0. The molecule has 1 unspecified atom stereocenters. The Balaban J connectivity index is 2.19. The second-order valence-corrected chi connectivity index (χ2v) is 5.21. The fourth-order valence-corrected chi connectivity index (χ4v) is 2.54. The smallest absolute Gasteiger partial charge is 0.133 e. The first-order chi connectivity index (χ1) is 7.67. The number of likely N-dealkylation sites (tertiary alicyclic amines) is 1. The van der Waals surface area contributed by atoms with Gasteiger partial charge < -0.3 is 4.90 Å². The molecule has 2 nitrogen and oxygen atoms in total. The highest BCUT2D eigenvalue weighted by molar-refractivity contribution is 5.78. The lowest BCUT2D eigenvalue weighted by Gasteiger charge is -2.34. The number of nitrogens with zero attached hydrogens (tertiary/aromatic N) is 1. The fraction of sp³-hybridized carbons (Fsp3) is 0.929. The van der Waals surface area contributed by atoms with Crippen molar-refractivity contribution in [3.63, 3.8) is 0 Å². The SMILES string of the molecule is CCC(=O)CCN1CCC(C(C)CC)CC1. The predicted octanol–water partition coefficient (Wildman–Crippen LogP) is 3.11. The molecule has 1 heterocycles. The van der Waals surface area contributed by atoms with E-state index in [1.54, 1.807) is 0 Å². The van der Waals surface area contributed by atoms with Crippen LogP contribution in [0.5, 0.6) is 0 Å². The molecule has 0 aromatic rings. The zero-order valence-electron chi connectivity index (χ0n) is 11.2. The molecule has 0 radical (unpaired) electrons. The van der Waals surface area contributed by atoms with Crippen LogP contribution in [0, 0.1) is 11.8 Å². The van der Waals surface area contributed by atoms with Crippen LogP contribution >= 0.6 is 0 Å². The van der Waals surface area contributed by atoms with Crippen LogP contribution in [0.3, 0.4) is 0 Å². The molecule has 16 heavy (non-hydrogen) atoms. The van der Waals surface area contributed by atoms with Gasteiger partial charge in [0.1, 0.15) is 5.78 Å². The van der Waals surface area contributed by atoms with Gasteiger partial charge in [0, 0.05) is 19.4 Å². The van der Waals surface area contributed by atoms with E-state index in [-0.39, 0.29) is 0 Å². The fourth-order valence-electron chi connectivity index (χ4n) is 2.54. The van der Waals surface area contributed by atoms with Crippen molar-refractivity contribution in [1.82, 2.24) is 4.90 Å². The van der Waals surface area contributed by atoms with Crippen LogP contribution in [0.1, 0.15) is 52.9 Å². The minimum Gasteiger partial charge on any atom is -0.303 e. The molecule has 1 rings (SSSR count). The molecule has 1 aliphatic heterocycles. The Kier molecular flexibility index (Phi) is 6.04.